The average molecular weight is 460 g/mol. The minimum absolute atomic E-state index is 0.217. The van der Waals surface area contributed by atoms with Gasteiger partial charge in [-0.05, 0) is 19.3 Å². The molecule has 14 nitrogen and oxygen atoms in total. The van der Waals surface area contributed by atoms with E-state index in [1.165, 1.54) is 6.92 Å². The van der Waals surface area contributed by atoms with Gasteiger partial charge in [-0.3, -0.25) is 24.0 Å². The number of nitrogens with one attached hydrogen (secondary N) is 3. The molecule has 14 heteroatoms. The smallest absolute Gasteiger partial charge is 0.326 e. The second kappa shape index (κ2) is 13.2. The number of carboxylic acids is 1. The molecule has 0 aromatic rings. The summed E-state index contributed by atoms with van der Waals surface area (Å²) in [6.07, 6.45) is -2.37. The van der Waals surface area contributed by atoms with E-state index in [2.05, 4.69) is 16.0 Å². The number of nitrogens with two attached hydrogens (primary N) is 3. The van der Waals surface area contributed by atoms with Crippen LogP contribution in [0.1, 0.15) is 40.0 Å². The third kappa shape index (κ3) is 10.2. The average Bonchev–Trinajstić information content (AvgIpc) is 2.66. The quantitative estimate of drug-likeness (QED) is 0.125. The van der Waals surface area contributed by atoms with Crippen molar-refractivity contribution >= 4 is 35.5 Å². The topological polar surface area (TPSA) is 257 Å². The first-order valence-corrected chi connectivity index (χ1v) is 9.81. The third-order valence-electron chi connectivity index (χ3n) is 4.40. The Balaban J connectivity index is 5.51. The molecule has 5 atom stereocenters. The molecule has 0 aliphatic heterocycles. The molecule has 0 aliphatic rings. The second-order valence-electron chi connectivity index (χ2n) is 7.63. The van der Waals surface area contributed by atoms with E-state index in [1.54, 1.807) is 13.8 Å². The summed E-state index contributed by atoms with van der Waals surface area (Å²) in [4.78, 5) is 70.9. The summed E-state index contributed by atoms with van der Waals surface area (Å²) in [6, 6.07) is -5.54. The number of hydrogen-bond acceptors (Lipinski definition) is 8. The van der Waals surface area contributed by atoms with Gasteiger partial charge < -0.3 is 43.4 Å². The molecule has 0 rings (SSSR count). The number of hydrogen-bond donors (Lipinski definition) is 8. The molecule has 0 aromatic heterocycles. The number of carboxylic acid groups (broad SMARTS) is 1. The van der Waals surface area contributed by atoms with E-state index in [4.69, 9.17) is 22.3 Å². The van der Waals surface area contributed by atoms with Crippen LogP contribution < -0.4 is 33.2 Å². The van der Waals surface area contributed by atoms with Crippen molar-refractivity contribution in [2.45, 2.75) is 70.3 Å². The SMILES string of the molecule is CC(C)C(NC(=O)C(CCC(N)=O)NC(=O)C(N)C(C)O)C(=O)NC(CC(N)=O)C(=O)O. The van der Waals surface area contributed by atoms with Crippen LogP contribution in [0.3, 0.4) is 0 Å². The summed E-state index contributed by atoms with van der Waals surface area (Å²) < 4.78 is 0. The first-order chi connectivity index (χ1) is 14.7. The number of rotatable bonds is 14. The zero-order valence-corrected chi connectivity index (χ0v) is 18.2. The predicted octanol–water partition coefficient (Wildman–Crippen LogP) is -3.97. The number of carbonyl (C=O) groups excluding carboxylic acids is 5. The number of aliphatic carboxylic acids is 1. The molecule has 0 saturated carbocycles. The third-order valence-corrected chi connectivity index (χ3v) is 4.40. The van der Waals surface area contributed by atoms with Gasteiger partial charge in [0.25, 0.3) is 0 Å². The zero-order chi connectivity index (χ0) is 25.2. The van der Waals surface area contributed by atoms with Crippen LogP contribution in [0.2, 0.25) is 0 Å². The lowest BCUT2D eigenvalue weighted by Crippen LogP contribution is -2.59. The van der Waals surface area contributed by atoms with Gasteiger partial charge in [-0.25, -0.2) is 4.79 Å². The molecule has 0 spiro atoms. The fourth-order valence-electron chi connectivity index (χ4n) is 2.49. The van der Waals surface area contributed by atoms with Crippen LogP contribution in [0.25, 0.3) is 0 Å². The van der Waals surface area contributed by atoms with Crippen molar-refractivity contribution < 1.29 is 39.0 Å². The molecule has 0 bridgehead atoms. The Bertz CT molecular complexity index is 726. The van der Waals surface area contributed by atoms with E-state index in [1.807, 2.05) is 0 Å². The molecule has 0 heterocycles. The number of aliphatic hydroxyl groups is 1. The highest BCUT2D eigenvalue weighted by Gasteiger charge is 2.32. The monoisotopic (exact) mass is 460 g/mol. The summed E-state index contributed by atoms with van der Waals surface area (Å²) in [6.45, 7) is 4.40. The fraction of sp³-hybridized carbons (Fsp3) is 0.667. The zero-order valence-electron chi connectivity index (χ0n) is 18.2. The predicted molar refractivity (Wildman–Crippen MR) is 110 cm³/mol. The van der Waals surface area contributed by atoms with Crippen LogP contribution in [0.15, 0.2) is 0 Å². The molecule has 5 unspecified atom stereocenters. The fourth-order valence-corrected chi connectivity index (χ4v) is 2.49. The molecule has 0 fully saturated rings. The van der Waals surface area contributed by atoms with E-state index in [-0.39, 0.29) is 12.8 Å². The molecule has 182 valence electrons. The number of amides is 5. The van der Waals surface area contributed by atoms with Crippen LogP contribution in [-0.4, -0.2) is 76.0 Å². The standard InChI is InChI=1S/C18H32N6O8/c1-7(2)14(17(30)23-10(18(31)32)6-12(20)27)24-15(28)9(4-5-11(19)26)22-16(29)13(21)8(3)25/h7-10,13-14,25H,4-6,21H2,1-3H3,(H2,19,26)(H2,20,27)(H,22,29)(H,23,30)(H,24,28)(H,31,32). The van der Waals surface area contributed by atoms with Gasteiger partial charge >= 0.3 is 5.97 Å². The van der Waals surface area contributed by atoms with Crippen LogP contribution in [-0.2, 0) is 28.8 Å². The van der Waals surface area contributed by atoms with Crippen molar-refractivity contribution in [3.63, 3.8) is 0 Å². The Hall–Kier alpha value is -3.26. The van der Waals surface area contributed by atoms with Gasteiger partial charge in [0.1, 0.15) is 24.2 Å². The Kier molecular flexibility index (Phi) is 11.9. The van der Waals surface area contributed by atoms with Crippen molar-refractivity contribution in [2.75, 3.05) is 0 Å². The van der Waals surface area contributed by atoms with Gasteiger partial charge in [-0.2, -0.15) is 0 Å². The molecular formula is C18H32N6O8. The highest BCUT2D eigenvalue weighted by atomic mass is 16.4. The summed E-state index contributed by atoms with van der Waals surface area (Å²) in [5, 5.41) is 25.4. The van der Waals surface area contributed by atoms with Crippen LogP contribution in [0, 0.1) is 5.92 Å². The molecule has 32 heavy (non-hydrogen) atoms. The number of aliphatic hydroxyl groups excluding tert-OH is 1. The Morgan fingerprint density at radius 2 is 1.34 bits per heavy atom. The van der Waals surface area contributed by atoms with Crippen LogP contribution >= 0.6 is 0 Å². The minimum atomic E-state index is -1.60. The molecule has 11 N–H and O–H groups in total. The largest absolute Gasteiger partial charge is 0.480 e. The van der Waals surface area contributed by atoms with Gasteiger partial charge in [0.05, 0.1) is 12.5 Å². The second-order valence-corrected chi connectivity index (χ2v) is 7.63. The van der Waals surface area contributed by atoms with Crippen molar-refractivity contribution in [1.82, 2.24) is 16.0 Å². The molecule has 0 aromatic carbocycles. The molecule has 0 saturated heterocycles. The minimum Gasteiger partial charge on any atom is -0.480 e. The van der Waals surface area contributed by atoms with E-state index in [0.29, 0.717) is 0 Å². The lowest BCUT2D eigenvalue weighted by atomic mass is 10.0. The van der Waals surface area contributed by atoms with E-state index < -0.39 is 78.1 Å². The van der Waals surface area contributed by atoms with Crippen LogP contribution in [0.4, 0.5) is 0 Å². The number of primary amides is 2. The van der Waals surface area contributed by atoms with Gasteiger partial charge in [0, 0.05) is 6.42 Å². The maximum absolute atomic E-state index is 12.7. The van der Waals surface area contributed by atoms with Gasteiger partial charge in [-0.15, -0.1) is 0 Å². The lowest BCUT2D eigenvalue weighted by molar-refractivity contribution is -0.144. The maximum Gasteiger partial charge on any atom is 0.326 e. The first kappa shape index (κ1) is 28.7. The summed E-state index contributed by atoms with van der Waals surface area (Å²) >= 11 is 0. The number of carbonyl (C=O) groups is 6. The van der Waals surface area contributed by atoms with Crippen molar-refractivity contribution in [1.29, 1.82) is 0 Å². The summed E-state index contributed by atoms with van der Waals surface area (Å²) in [5.41, 5.74) is 15.6. The Labute approximate surface area is 184 Å². The summed E-state index contributed by atoms with van der Waals surface area (Å²) in [5.74, 6) is -6.37. The van der Waals surface area contributed by atoms with Gasteiger partial charge in [0.2, 0.25) is 29.5 Å². The lowest BCUT2D eigenvalue weighted by Gasteiger charge is -2.27. The van der Waals surface area contributed by atoms with Gasteiger partial charge in [0.15, 0.2) is 0 Å². The van der Waals surface area contributed by atoms with E-state index in [9.17, 15) is 33.9 Å². The highest BCUT2D eigenvalue weighted by Crippen LogP contribution is 2.07. The van der Waals surface area contributed by atoms with Gasteiger partial charge in [-0.1, -0.05) is 13.8 Å². The normalized spacial score (nSPS) is 15.6. The van der Waals surface area contributed by atoms with Crippen molar-refractivity contribution in [3.8, 4) is 0 Å². The Morgan fingerprint density at radius 3 is 1.75 bits per heavy atom. The molecule has 0 aliphatic carbocycles. The maximum atomic E-state index is 12.7. The summed E-state index contributed by atoms with van der Waals surface area (Å²) in [7, 11) is 0. The Morgan fingerprint density at radius 1 is 0.812 bits per heavy atom. The van der Waals surface area contributed by atoms with Crippen molar-refractivity contribution in [2.24, 2.45) is 23.1 Å². The highest BCUT2D eigenvalue weighted by molar-refractivity contribution is 5.95. The van der Waals surface area contributed by atoms with E-state index in [0.717, 1.165) is 0 Å². The van der Waals surface area contributed by atoms with E-state index >= 15 is 0 Å². The first-order valence-electron chi connectivity index (χ1n) is 9.81. The van der Waals surface area contributed by atoms with Crippen LogP contribution in [0.5, 0.6) is 0 Å². The molecule has 0 radical (unpaired) electrons. The molecule has 5 amide bonds. The molecular weight excluding hydrogens is 428 g/mol. The van der Waals surface area contributed by atoms with Crippen molar-refractivity contribution in [3.05, 3.63) is 0 Å².